The van der Waals surface area contributed by atoms with Crippen molar-refractivity contribution in [2.75, 3.05) is 0 Å². The Bertz CT molecular complexity index is 473. The third-order valence-corrected chi connectivity index (χ3v) is 3.11. The summed E-state index contributed by atoms with van der Waals surface area (Å²) in [5.41, 5.74) is 0.479. The number of hydrogen-bond acceptors (Lipinski definition) is 1. The minimum absolute atomic E-state index is 0.297. The van der Waals surface area contributed by atoms with Crippen molar-refractivity contribution < 1.29 is 4.39 Å². The van der Waals surface area contributed by atoms with Gasteiger partial charge in [-0.05, 0) is 18.2 Å². The number of halogens is 3. The van der Waals surface area contributed by atoms with Crippen molar-refractivity contribution in [2.45, 2.75) is 11.8 Å². The summed E-state index contributed by atoms with van der Waals surface area (Å²) in [6.07, 6.45) is 3.84. The molecule has 1 N–H and O–H groups in total. The van der Waals surface area contributed by atoms with Gasteiger partial charge in [-0.25, -0.2) is 9.37 Å². The highest BCUT2D eigenvalue weighted by Crippen LogP contribution is 2.28. The van der Waals surface area contributed by atoms with Crippen LogP contribution in [0.4, 0.5) is 4.39 Å². The number of aromatic amines is 1. The van der Waals surface area contributed by atoms with Crippen LogP contribution < -0.4 is 0 Å². The van der Waals surface area contributed by atoms with Gasteiger partial charge in [-0.2, -0.15) is 0 Å². The van der Waals surface area contributed by atoms with Gasteiger partial charge in [0, 0.05) is 28.9 Å². The van der Waals surface area contributed by atoms with E-state index in [-0.39, 0.29) is 5.82 Å². The quantitative estimate of drug-likeness (QED) is 0.858. The molecule has 0 aliphatic carbocycles. The van der Waals surface area contributed by atoms with Gasteiger partial charge in [-0.3, -0.25) is 0 Å². The molecule has 1 atom stereocenters. The van der Waals surface area contributed by atoms with E-state index in [9.17, 15) is 4.39 Å². The number of benzene rings is 1. The molecule has 0 amide bonds. The summed E-state index contributed by atoms with van der Waals surface area (Å²) in [6.45, 7) is 0. The molecule has 0 fully saturated rings. The molecule has 2 rings (SSSR count). The molecule has 1 aromatic carbocycles. The lowest BCUT2D eigenvalue weighted by Crippen LogP contribution is -2.00. The van der Waals surface area contributed by atoms with Crippen molar-refractivity contribution in [2.24, 2.45) is 0 Å². The van der Waals surface area contributed by atoms with Crippen LogP contribution in [0.3, 0.4) is 0 Å². The van der Waals surface area contributed by atoms with Gasteiger partial charge in [-0.15, -0.1) is 11.6 Å². The summed E-state index contributed by atoms with van der Waals surface area (Å²) < 4.78 is 14.3. The number of nitrogens with one attached hydrogen (secondary N) is 1. The third-order valence-electron chi connectivity index (χ3n) is 2.22. The summed E-state index contributed by atoms with van der Waals surface area (Å²) in [6, 6.07) is 4.74. The van der Waals surface area contributed by atoms with Crippen LogP contribution in [0, 0.1) is 5.82 Å². The summed E-state index contributed by atoms with van der Waals surface area (Å²) in [7, 11) is 0. The second-order valence-electron chi connectivity index (χ2n) is 3.37. The Morgan fingerprint density at radius 1 is 1.50 bits per heavy atom. The standard InChI is InChI=1S/C11H9BrClFN2/c12-7-1-2-10(14)8(5-7)9(13)6-11-15-3-4-16-11/h1-5,9H,6H2,(H,15,16). The molecule has 0 aliphatic rings. The van der Waals surface area contributed by atoms with Crippen LogP contribution >= 0.6 is 27.5 Å². The molecule has 0 bridgehead atoms. The third kappa shape index (κ3) is 2.62. The number of rotatable bonds is 3. The van der Waals surface area contributed by atoms with Crippen LogP contribution in [0.5, 0.6) is 0 Å². The normalized spacial score (nSPS) is 12.7. The van der Waals surface area contributed by atoms with Gasteiger partial charge in [0.25, 0.3) is 0 Å². The number of alkyl halides is 1. The highest BCUT2D eigenvalue weighted by atomic mass is 79.9. The Balaban J connectivity index is 2.20. The predicted molar refractivity (Wildman–Crippen MR) is 65.0 cm³/mol. The zero-order chi connectivity index (χ0) is 11.5. The lowest BCUT2D eigenvalue weighted by molar-refractivity contribution is 0.604. The minimum atomic E-state index is -0.427. The molecule has 0 spiro atoms. The van der Waals surface area contributed by atoms with Crippen molar-refractivity contribution in [3.63, 3.8) is 0 Å². The van der Waals surface area contributed by atoms with Gasteiger partial charge < -0.3 is 4.98 Å². The molecule has 1 heterocycles. The minimum Gasteiger partial charge on any atom is -0.349 e. The van der Waals surface area contributed by atoms with E-state index in [4.69, 9.17) is 11.6 Å². The number of H-pyrrole nitrogens is 1. The zero-order valence-corrected chi connectivity index (χ0v) is 10.6. The fourth-order valence-electron chi connectivity index (χ4n) is 1.44. The first-order valence-electron chi connectivity index (χ1n) is 4.74. The molecule has 0 radical (unpaired) electrons. The summed E-state index contributed by atoms with van der Waals surface area (Å²) >= 11 is 9.45. The number of imidazole rings is 1. The first-order valence-corrected chi connectivity index (χ1v) is 5.97. The van der Waals surface area contributed by atoms with Gasteiger partial charge in [0.15, 0.2) is 0 Å². The number of nitrogens with zero attached hydrogens (tertiary/aromatic N) is 1. The van der Waals surface area contributed by atoms with Gasteiger partial charge in [-0.1, -0.05) is 15.9 Å². The fourth-order valence-corrected chi connectivity index (χ4v) is 2.14. The van der Waals surface area contributed by atoms with Crippen molar-refractivity contribution in [1.29, 1.82) is 0 Å². The molecule has 2 aromatic rings. The van der Waals surface area contributed by atoms with Crippen molar-refractivity contribution in [1.82, 2.24) is 9.97 Å². The van der Waals surface area contributed by atoms with Gasteiger partial charge in [0.2, 0.25) is 0 Å². The van der Waals surface area contributed by atoms with E-state index in [0.29, 0.717) is 12.0 Å². The monoisotopic (exact) mass is 302 g/mol. The number of hydrogen-bond donors (Lipinski definition) is 1. The van der Waals surface area contributed by atoms with E-state index < -0.39 is 5.38 Å². The summed E-state index contributed by atoms with van der Waals surface area (Å²) in [5, 5.41) is -0.427. The molecule has 16 heavy (non-hydrogen) atoms. The summed E-state index contributed by atoms with van der Waals surface area (Å²) in [5.74, 6) is 0.453. The average Bonchev–Trinajstić information content (AvgIpc) is 2.74. The first kappa shape index (κ1) is 11.6. The van der Waals surface area contributed by atoms with Crippen molar-refractivity contribution >= 4 is 27.5 Å². The maximum absolute atomic E-state index is 13.5. The van der Waals surface area contributed by atoms with E-state index in [1.165, 1.54) is 6.07 Å². The van der Waals surface area contributed by atoms with Crippen LogP contribution in [0.25, 0.3) is 0 Å². The highest BCUT2D eigenvalue weighted by Gasteiger charge is 2.15. The molecule has 1 aromatic heterocycles. The first-order chi connectivity index (χ1) is 7.66. The molecule has 1 unspecified atom stereocenters. The molecule has 0 aliphatic heterocycles. The molecular weight excluding hydrogens is 294 g/mol. The van der Waals surface area contributed by atoms with Crippen LogP contribution in [0.2, 0.25) is 0 Å². The maximum Gasteiger partial charge on any atom is 0.127 e. The Morgan fingerprint density at radius 2 is 2.31 bits per heavy atom. The smallest absolute Gasteiger partial charge is 0.127 e. The molecule has 0 saturated carbocycles. The van der Waals surface area contributed by atoms with E-state index in [2.05, 4.69) is 25.9 Å². The Kier molecular flexibility index (Phi) is 3.61. The van der Waals surface area contributed by atoms with Crippen LogP contribution in [0.1, 0.15) is 16.8 Å². The van der Waals surface area contributed by atoms with Gasteiger partial charge >= 0.3 is 0 Å². The van der Waals surface area contributed by atoms with Crippen LogP contribution in [-0.4, -0.2) is 9.97 Å². The molecular formula is C11H9BrClFN2. The molecule has 0 saturated heterocycles. The second-order valence-corrected chi connectivity index (χ2v) is 4.82. The lowest BCUT2D eigenvalue weighted by Gasteiger charge is -2.09. The number of aromatic nitrogens is 2. The Hall–Kier alpha value is -0.870. The Morgan fingerprint density at radius 3 is 3.00 bits per heavy atom. The van der Waals surface area contributed by atoms with Crippen LogP contribution in [0.15, 0.2) is 35.1 Å². The van der Waals surface area contributed by atoms with E-state index in [0.717, 1.165) is 10.3 Å². The second kappa shape index (κ2) is 4.97. The highest BCUT2D eigenvalue weighted by molar-refractivity contribution is 9.10. The zero-order valence-electron chi connectivity index (χ0n) is 8.25. The molecule has 2 nitrogen and oxygen atoms in total. The van der Waals surface area contributed by atoms with E-state index >= 15 is 0 Å². The van der Waals surface area contributed by atoms with E-state index in [1.807, 2.05) is 0 Å². The van der Waals surface area contributed by atoms with Crippen molar-refractivity contribution in [3.8, 4) is 0 Å². The van der Waals surface area contributed by atoms with Gasteiger partial charge in [0.1, 0.15) is 11.6 Å². The summed E-state index contributed by atoms with van der Waals surface area (Å²) in [4.78, 5) is 7.00. The average molecular weight is 304 g/mol. The van der Waals surface area contributed by atoms with Crippen LogP contribution in [-0.2, 0) is 6.42 Å². The SMILES string of the molecule is Fc1ccc(Br)cc1C(Cl)Cc1ncc[nH]1. The molecule has 84 valence electrons. The van der Waals surface area contributed by atoms with E-state index in [1.54, 1.807) is 24.5 Å². The topological polar surface area (TPSA) is 28.7 Å². The Labute approximate surface area is 106 Å². The largest absolute Gasteiger partial charge is 0.349 e. The fraction of sp³-hybridized carbons (Fsp3) is 0.182. The predicted octanol–water partition coefficient (Wildman–Crippen LogP) is 3.83. The van der Waals surface area contributed by atoms with Gasteiger partial charge in [0.05, 0.1) is 5.38 Å². The molecule has 5 heteroatoms. The maximum atomic E-state index is 13.5. The lowest BCUT2D eigenvalue weighted by atomic mass is 10.1. The van der Waals surface area contributed by atoms with Crippen molar-refractivity contribution in [3.05, 3.63) is 52.3 Å².